The van der Waals surface area contributed by atoms with Crippen LogP contribution in [0.4, 0.5) is 10.7 Å². The molecule has 1 heterocycles. The van der Waals surface area contributed by atoms with Gasteiger partial charge in [0.2, 0.25) is 5.95 Å². The van der Waals surface area contributed by atoms with Crippen molar-refractivity contribution < 1.29 is 9.53 Å². The van der Waals surface area contributed by atoms with E-state index in [2.05, 4.69) is 31.2 Å². The van der Waals surface area contributed by atoms with Crippen LogP contribution < -0.4 is 5.32 Å². The summed E-state index contributed by atoms with van der Waals surface area (Å²) in [4.78, 5) is 19.1. The van der Waals surface area contributed by atoms with E-state index in [1.807, 2.05) is 48.5 Å². The Hall–Kier alpha value is -2.34. The Labute approximate surface area is 135 Å². The van der Waals surface area contributed by atoms with Crippen molar-refractivity contribution in [1.29, 1.82) is 0 Å². The largest absolute Gasteiger partial charge is 0.444 e. The van der Waals surface area contributed by atoms with Gasteiger partial charge < -0.3 is 9.72 Å². The number of H-pyrrole nitrogens is 1. The zero-order valence-electron chi connectivity index (χ0n) is 11.7. The van der Waals surface area contributed by atoms with Gasteiger partial charge in [0.15, 0.2) is 0 Å². The van der Waals surface area contributed by atoms with Gasteiger partial charge in [-0.25, -0.2) is 9.78 Å². The average Bonchev–Trinajstić information content (AvgIpc) is 2.95. The van der Waals surface area contributed by atoms with Crippen LogP contribution in [-0.2, 0) is 16.7 Å². The molecule has 0 aliphatic rings. The fourth-order valence-electron chi connectivity index (χ4n) is 2.05. The lowest BCUT2D eigenvalue weighted by atomic mass is 10.2. The van der Waals surface area contributed by atoms with Gasteiger partial charge in [-0.15, -0.1) is 0 Å². The predicted octanol–water partition coefficient (Wildman–Crippen LogP) is 4.21. The van der Waals surface area contributed by atoms with Crippen LogP contribution in [0.25, 0.3) is 11.0 Å². The quantitative estimate of drug-likeness (QED) is 0.685. The Morgan fingerprint density at radius 3 is 2.77 bits per heavy atom. The first kappa shape index (κ1) is 14.6. The molecular formula is C16H14BrN3O2. The zero-order valence-corrected chi connectivity index (χ0v) is 13.3. The van der Waals surface area contributed by atoms with Crippen molar-refractivity contribution in [2.75, 3.05) is 5.32 Å². The van der Waals surface area contributed by atoms with E-state index in [-0.39, 0.29) is 6.61 Å². The van der Waals surface area contributed by atoms with Crippen molar-refractivity contribution in [2.24, 2.45) is 0 Å². The fourth-order valence-corrected chi connectivity index (χ4v) is 2.40. The van der Waals surface area contributed by atoms with Gasteiger partial charge in [0.1, 0.15) is 6.61 Å². The summed E-state index contributed by atoms with van der Waals surface area (Å²) in [6.07, 6.45) is -0.538. The Bertz CT molecular complexity index is 786. The molecule has 0 spiro atoms. The van der Waals surface area contributed by atoms with E-state index in [4.69, 9.17) is 4.74 Å². The molecule has 0 saturated carbocycles. The monoisotopic (exact) mass is 359 g/mol. The Morgan fingerprint density at radius 2 is 2.00 bits per heavy atom. The number of carbonyl (C=O) groups excluding carboxylic acids is 1. The molecule has 0 aliphatic carbocycles. The summed E-state index contributed by atoms with van der Waals surface area (Å²) >= 11 is 3.41. The minimum Gasteiger partial charge on any atom is -0.444 e. The van der Waals surface area contributed by atoms with Crippen LogP contribution in [0.2, 0.25) is 0 Å². The molecule has 2 N–H and O–H groups in total. The molecular weight excluding hydrogens is 346 g/mol. The van der Waals surface area contributed by atoms with Gasteiger partial charge in [0.25, 0.3) is 0 Å². The topological polar surface area (TPSA) is 67.0 Å². The van der Waals surface area contributed by atoms with E-state index in [0.717, 1.165) is 27.5 Å². The second-order valence-corrected chi connectivity index (χ2v) is 5.32. The molecule has 0 bridgehead atoms. The van der Waals surface area contributed by atoms with Gasteiger partial charge in [-0.3, -0.25) is 5.32 Å². The third kappa shape index (κ3) is 3.46. The van der Waals surface area contributed by atoms with Crippen LogP contribution in [0, 0.1) is 0 Å². The van der Waals surface area contributed by atoms with E-state index in [1.165, 1.54) is 0 Å². The highest BCUT2D eigenvalue weighted by Crippen LogP contribution is 2.17. The molecule has 2 aromatic carbocycles. The number of nitrogens with zero attached hydrogens (tertiary/aromatic N) is 1. The number of aromatic nitrogens is 2. The van der Waals surface area contributed by atoms with Crippen LogP contribution in [0.3, 0.4) is 0 Å². The summed E-state index contributed by atoms with van der Waals surface area (Å²) in [7, 11) is 0. The number of aromatic amines is 1. The number of amides is 1. The molecule has 3 rings (SSSR count). The maximum absolute atomic E-state index is 11.8. The van der Waals surface area contributed by atoms with Crippen molar-refractivity contribution in [2.45, 2.75) is 11.9 Å². The van der Waals surface area contributed by atoms with E-state index < -0.39 is 6.09 Å². The number of halogens is 1. The first-order chi connectivity index (χ1) is 10.7. The number of carbonyl (C=O) groups is 1. The smallest absolute Gasteiger partial charge is 0.414 e. The SMILES string of the molecule is O=C(Nc1nc2ccc(CBr)cc2[nH]1)OCc1ccccc1. The molecule has 0 unspecified atom stereocenters. The zero-order chi connectivity index (χ0) is 15.4. The number of fused-ring (bicyclic) bond motifs is 1. The molecule has 0 fully saturated rings. The summed E-state index contributed by atoms with van der Waals surface area (Å²) in [5.74, 6) is 0.375. The number of benzene rings is 2. The highest BCUT2D eigenvalue weighted by atomic mass is 79.9. The number of alkyl halides is 1. The highest BCUT2D eigenvalue weighted by molar-refractivity contribution is 9.08. The fraction of sp³-hybridized carbons (Fsp3) is 0.125. The van der Waals surface area contributed by atoms with Gasteiger partial charge in [0, 0.05) is 5.33 Å². The van der Waals surface area contributed by atoms with E-state index in [0.29, 0.717) is 5.95 Å². The normalized spacial score (nSPS) is 10.6. The molecule has 1 aromatic heterocycles. The second kappa shape index (κ2) is 6.62. The number of nitrogens with one attached hydrogen (secondary N) is 2. The third-order valence-electron chi connectivity index (χ3n) is 3.13. The lowest BCUT2D eigenvalue weighted by Gasteiger charge is -2.04. The number of rotatable bonds is 4. The minimum absolute atomic E-state index is 0.223. The van der Waals surface area contributed by atoms with Gasteiger partial charge in [-0.05, 0) is 23.3 Å². The number of imidazole rings is 1. The van der Waals surface area contributed by atoms with Gasteiger partial charge in [-0.2, -0.15) is 0 Å². The molecule has 22 heavy (non-hydrogen) atoms. The van der Waals surface area contributed by atoms with Crippen LogP contribution >= 0.6 is 15.9 Å². The third-order valence-corrected chi connectivity index (χ3v) is 3.78. The van der Waals surface area contributed by atoms with Crippen molar-refractivity contribution in [1.82, 2.24) is 9.97 Å². The Kier molecular flexibility index (Phi) is 4.39. The van der Waals surface area contributed by atoms with Gasteiger partial charge >= 0.3 is 6.09 Å². The first-order valence-corrected chi connectivity index (χ1v) is 7.89. The first-order valence-electron chi connectivity index (χ1n) is 6.77. The summed E-state index contributed by atoms with van der Waals surface area (Å²) in [5.41, 5.74) is 3.73. The van der Waals surface area contributed by atoms with Gasteiger partial charge in [-0.1, -0.05) is 52.3 Å². The van der Waals surface area contributed by atoms with Crippen LogP contribution in [0.1, 0.15) is 11.1 Å². The molecule has 0 radical (unpaired) electrons. The maximum Gasteiger partial charge on any atom is 0.414 e. The lowest BCUT2D eigenvalue weighted by Crippen LogP contribution is -2.14. The molecule has 112 valence electrons. The van der Waals surface area contributed by atoms with E-state index >= 15 is 0 Å². The molecule has 5 nitrogen and oxygen atoms in total. The number of ether oxygens (including phenoxy) is 1. The molecule has 1 amide bonds. The number of hydrogen-bond donors (Lipinski definition) is 2. The van der Waals surface area contributed by atoms with Crippen molar-refractivity contribution in [3.05, 3.63) is 59.7 Å². The van der Waals surface area contributed by atoms with E-state index in [1.54, 1.807) is 0 Å². The summed E-state index contributed by atoms with van der Waals surface area (Å²) < 4.78 is 5.16. The van der Waals surface area contributed by atoms with Crippen molar-refractivity contribution >= 4 is 39.0 Å². The summed E-state index contributed by atoms with van der Waals surface area (Å²) in [5, 5.41) is 3.37. The second-order valence-electron chi connectivity index (χ2n) is 4.76. The molecule has 3 aromatic rings. The average molecular weight is 360 g/mol. The maximum atomic E-state index is 11.8. The molecule has 0 atom stereocenters. The standard InChI is InChI=1S/C16H14BrN3O2/c17-9-12-6-7-13-14(8-12)19-15(18-13)20-16(21)22-10-11-4-2-1-3-5-11/h1-8H,9-10H2,(H2,18,19,20,21). The minimum atomic E-state index is -0.538. The van der Waals surface area contributed by atoms with Crippen LogP contribution in [0.5, 0.6) is 0 Å². The predicted molar refractivity (Wildman–Crippen MR) is 89.0 cm³/mol. The Balaban J connectivity index is 1.63. The van der Waals surface area contributed by atoms with Crippen molar-refractivity contribution in [3.8, 4) is 0 Å². The highest BCUT2D eigenvalue weighted by Gasteiger charge is 2.08. The molecule has 0 saturated heterocycles. The number of hydrogen-bond acceptors (Lipinski definition) is 3. The Morgan fingerprint density at radius 1 is 1.18 bits per heavy atom. The van der Waals surface area contributed by atoms with Crippen molar-refractivity contribution in [3.63, 3.8) is 0 Å². The summed E-state index contributed by atoms with van der Waals surface area (Å²) in [6, 6.07) is 15.4. The van der Waals surface area contributed by atoms with Crippen LogP contribution in [-0.4, -0.2) is 16.1 Å². The van der Waals surface area contributed by atoms with E-state index in [9.17, 15) is 4.79 Å². The molecule has 0 aliphatic heterocycles. The van der Waals surface area contributed by atoms with Gasteiger partial charge in [0.05, 0.1) is 11.0 Å². The lowest BCUT2D eigenvalue weighted by molar-refractivity contribution is 0.155. The van der Waals surface area contributed by atoms with Crippen LogP contribution in [0.15, 0.2) is 48.5 Å². The summed E-state index contributed by atoms with van der Waals surface area (Å²) in [6.45, 7) is 0.223. The molecule has 6 heteroatoms. The number of anilines is 1.